The van der Waals surface area contributed by atoms with E-state index in [4.69, 9.17) is 5.73 Å². The zero-order valence-electron chi connectivity index (χ0n) is 9.51. The zero-order valence-corrected chi connectivity index (χ0v) is 10.3. The molecule has 0 aliphatic carbocycles. The first-order chi connectivity index (χ1) is 8.79. The SMILES string of the molecule is NCc1nc2scc(-c3ccccc3)c2c(=O)[nH]1. The summed E-state index contributed by atoms with van der Waals surface area (Å²) in [6.45, 7) is 0.240. The van der Waals surface area contributed by atoms with Gasteiger partial charge in [0.05, 0.1) is 11.9 Å². The summed E-state index contributed by atoms with van der Waals surface area (Å²) < 4.78 is 0. The van der Waals surface area contributed by atoms with Crippen molar-refractivity contribution >= 4 is 21.6 Å². The highest BCUT2D eigenvalue weighted by molar-refractivity contribution is 7.17. The van der Waals surface area contributed by atoms with Gasteiger partial charge >= 0.3 is 0 Å². The van der Waals surface area contributed by atoms with Gasteiger partial charge in [0.25, 0.3) is 5.56 Å². The molecule has 18 heavy (non-hydrogen) atoms. The van der Waals surface area contributed by atoms with E-state index in [0.717, 1.165) is 16.0 Å². The number of hydrogen-bond acceptors (Lipinski definition) is 4. The van der Waals surface area contributed by atoms with Gasteiger partial charge < -0.3 is 10.7 Å². The molecule has 2 aromatic heterocycles. The van der Waals surface area contributed by atoms with E-state index in [1.807, 2.05) is 35.7 Å². The van der Waals surface area contributed by atoms with Gasteiger partial charge in [-0.3, -0.25) is 4.79 Å². The van der Waals surface area contributed by atoms with Gasteiger partial charge in [0.1, 0.15) is 10.7 Å². The van der Waals surface area contributed by atoms with Crippen molar-refractivity contribution in [3.8, 4) is 11.1 Å². The molecule has 3 aromatic rings. The monoisotopic (exact) mass is 257 g/mol. The largest absolute Gasteiger partial charge is 0.324 e. The molecule has 0 saturated carbocycles. The Balaban J connectivity index is 2.30. The number of nitrogens with two attached hydrogens (primary N) is 1. The molecule has 0 aliphatic heterocycles. The maximum Gasteiger partial charge on any atom is 0.260 e. The van der Waals surface area contributed by atoms with E-state index in [-0.39, 0.29) is 12.1 Å². The van der Waals surface area contributed by atoms with E-state index in [1.54, 1.807) is 0 Å². The number of nitrogens with one attached hydrogen (secondary N) is 1. The van der Waals surface area contributed by atoms with E-state index in [1.165, 1.54) is 11.3 Å². The summed E-state index contributed by atoms with van der Waals surface area (Å²) in [5.74, 6) is 0.522. The van der Waals surface area contributed by atoms with Crippen molar-refractivity contribution in [1.29, 1.82) is 0 Å². The van der Waals surface area contributed by atoms with Gasteiger partial charge in [0.2, 0.25) is 0 Å². The van der Waals surface area contributed by atoms with Crippen LogP contribution in [0.25, 0.3) is 21.3 Å². The molecule has 90 valence electrons. The van der Waals surface area contributed by atoms with Crippen molar-refractivity contribution in [1.82, 2.24) is 9.97 Å². The molecule has 5 heteroatoms. The van der Waals surface area contributed by atoms with Crippen molar-refractivity contribution in [2.24, 2.45) is 5.73 Å². The van der Waals surface area contributed by atoms with E-state index < -0.39 is 0 Å². The average molecular weight is 257 g/mol. The fourth-order valence-corrected chi connectivity index (χ4v) is 2.89. The fourth-order valence-electron chi connectivity index (χ4n) is 1.92. The molecule has 2 heterocycles. The predicted molar refractivity (Wildman–Crippen MR) is 73.6 cm³/mol. The average Bonchev–Trinajstić information content (AvgIpc) is 2.84. The molecule has 0 amide bonds. The molecule has 0 bridgehead atoms. The van der Waals surface area contributed by atoms with E-state index in [9.17, 15) is 4.79 Å². The van der Waals surface area contributed by atoms with Crippen molar-refractivity contribution in [2.45, 2.75) is 6.54 Å². The first-order valence-electron chi connectivity index (χ1n) is 5.55. The molecule has 0 saturated heterocycles. The Morgan fingerprint density at radius 1 is 1.28 bits per heavy atom. The highest BCUT2D eigenvalue weighted by Gasteiger charge is 2.11. The van der Waals surface area contributed by atoms with Gasteiger partial charge in [-0.15, -0.1) is 11.3 Å². The first kappa shape index (κ1) is 11.1. The summed E-state index contributed by atoms with van der Waals surface area (Å²) in [6.07, 6.45) is 0. The van der Waals surface area contributed by atoms with Crippen LogP contribution < -0.4 is 11.3 Å². The van der Waals surface area contributed by atoms with Crippen molar-refractivity contribution < 1.29 is 0 Å². The van der Waals surface area contributed by atoms with Crippen molar-refractivity contribution in [3.05, 3.63) is 51.9 Å². The van der Waals surface area contributed by atoms with Crippen molar-refractivity contribution in [2.75, 3.05) is 0 Å². The van der Waals surface area contributed by atoms with Gasteiger partial charge in [-0.25, -0.2) is 4.98 Å². The van der Waals surface area contributed by atoms with E-state index in [0.29, 0.717) is 11.2 Å². The molecule has 3 N–H and O–H groups in total. The summed E-state index contributed by atoms with van der Waals surface area (Å²) in [5.41, 5.74) is 7.32. The molecule has 0 radical (unpaired) electrons. The lowest BCUT2D eigenvalue weighted by Gasteiger charge is -1.99. The molecular formula is C13H11N3OS. The fraction of sp³-hybridized carbons (Fsp3) is 0.0769. The minimum absolute atomic E-state index is 0.124. The Labute approximate surface area is 107 Å². The Morgan fingerprint density at radius 2 is 2.06 bits per heavy atom. The number of thiophene rings is 1. The van der Waals surface area contributed by atoms with Gasteiger partial charge in [0.15, 0.2) is 0 Å². The third-order valence-electron chi connectivity index (χ3n) is 2.77. The molecule has 0 atom stereocenters. The smallest absolute Gasteiger partial charge is 0.260 e. The number of aromatic nitrogens is 2. The lowest BCUT2D eigenvalue weighted by Crippen LogP contribution is -2.13. The zero-order chi connectivity index (χ0) is 12.5. The number of benzene rings is 1. The number of hydrogen-bond donors (Lipinski definition) is 2. The van der Waals surface area contributed by atoms with Crippen LogP contribution in [0.3, 0.4) is 0 Å². The standard InChI is InChI=1S/C13H11N3OS/c14-6-10-15-12(17)11-9(7-18-13(11)16-10)8-4-2-1-3-5-8/h1-5,7H,6,14H2,(H,15,16,17). The maximum absolute atomic E-state index is 12.1. The summed E-state index contributed by atoms with van der Waals surface area (Å²) in [4.78, 5) is 19.9. The third-order valence-corrected chi connectivity index (χ3v) is 3.64. The van der Waals surface area contributed by atoms with Crippen LogP contribution in [0.15, 0.2) is 40.5 Å². The molecule has 3 rings (SSSR count). The highest BCUT2D eigenvalue weighted by atomic mass is 32.1. The molecule has 4 nitrogen and oxygen atoms in total. The molecule has 0 fully saturated rings. The Bertz CT molecular complexity index is 746. The summed E-state index contributed by atoms with van der Waals surface area (Å²) in [6, 6.07) is 9.83. The minimum Gasteiger partial charge on any atom is -0.324 e. The normalized spacial score (nSPS) is 10.9. The molecule has 0 aliphatic rings. The van der Waals surface area contributed by atoms with E-state index >= 15 is 0 Å². The number of nitrogens with zero attached hydrogens (tertiary/aromatic N) is 1. The van der Waals surface area contributed by atoms with Crippen LogP contribution in [0.4, 0.5) is 0 Å². The molecule has 1 aromatic carbocycles. The summed E-state index contributed by atoms with van der Waals surface area (Å²) in [7, 11) is 0. The minimum atomic E-state index is -0.124. The maximum atomic E-state index is 12.1. The van der Waals surface area contributed by atoms with Crippen LogP contribution in [-0.2, 0) is 6.54 Å². The second-order valence-corrected chi connectivity index (χ2v) is 4.77. The lowest BCUT2D eigenvalue weighted by atomic mass is 10.1. The number of aromatic amines is 1. The topological polar surface area (TPSA) is 71.8 Å². The van der Waals surface area contributed by atoms with Gasteiger partial charge in [-0.1, -0.05) is 30.3 Å². The quantitative estimate of drug-likeness (QED) is 0.738. The highest BCUT2D eigenvalue weighted by Crippen LogP contribution is 2.30. The van der Waals surface area contributed by atoms with Gasteiger partial charge in [-0.05, 0) is 5.56 Å². The van der Waals surface area contributed by atoms with Crippen LogP contribution >= 0.6 is 11.3 Å². The van der Waals surface area contributed by atoms with Crippen molar-refractivity contribution in [3.63, 3.8) is 0 Å². The van der Waals surface area contributed by atoms with Crippen LogP contribution in [-0.4, -0.2) is 9.97 Å². The molecular weight excluding hydrogens is 246 g/mol. The Hall–Kier alpha value is -1.98. The predicted octanol–water partition coefficient (Wildman–Crippen LogP) is 2.11. The first-order valence-corrected chi connectivity index (χ1v) is 6.43. The lowest BCUT2D eigenvalue weighted by molar-refractivity contribution is 0.916. The van der Waals surface area contributed by atoms with Crippen LogP contribution in [0.1, 0.15) is 5.82 Å². The Kier molecular flexibility index (Phi) is 2.70. The van der Waals surface area contributed by atoms with Gasteiger partial charge in [-0.2, -0.15) is 0 Å². The number of rotatable bonds is 2. The summed E-state index contributed by atoms with van der Waals surface area (Å²) in [5, 5.41) is 2.60. The van der Waals surface area contributed by atoms with Crippen LogP contribution in [0.5, 0.6) is 0 Å². The number of fused-ring (bicyclic) bond motifs is 1. The van der Waals surface area contributed by atoms with E-state index in [2.05, 4.69) is 9.97 Å². The number of H-pyrrole nitrogens is 1. The molecule has 0 spiro atoms. The second kappa shape index (κ2) is 4.36. The third kappa shape index (κ3) is 1.73. The van der Waals surface area contributed by atoms with Gasteiger partial charge in [0, 0.05) is 10.9 Å². The second-order valence-electron chi connectivity index (χ2n) is 3.91. The summed E-state index contributed by atoms with van der Waals surface area (Å²) >= 11 is 1.47. The molecule has 0 unspecified atom stereocenters. The Morgan fingerprint density at radius 3 is 2.78 bits per heavy atom. The van der Waals surface area contributed by atoms with Crippen LogP contribution in [0, 0.1) is 0 Å². The van der Waals surface area contributed by atoms with Crippen LogP contribution in [0.2, 0.25) is 0 Å².